The minimum atomic E-state index is -3.67. The van der Waals surface area contributed by atoms with Crippen molar-refractivity contribution in [2.75, 3.05) is 6.54 Å². The molecule has 0 aromatic carbocycles. The number of hydrogen-bond donors (Lipinski definition) is 1. The van der Waals surface area contributed by atoms with Gasteiger partial charge in [-0.25, -0.2) is 0 Å². The Hall–Kier alpha value is -0.675. The highest BCUT2D eigenvalue weighted by Crippen LogP contribution is 1.93. The average molecular weight is 153 g/mol. The highest BCUT2D eigenvalue weighted by molar-refractivity contribution is 6.33. The van der Waals surface area contributed by atoms with Crippen molar-refractivity contribution in [3.63, 3.8) is 0 Å². The van der Waals surface area contributed by atoms with Crippen LogP contribution in [0.25, 0.3) is 0 Å². The molecule has 1 aliphatic heterocycles. The summed E-state index contributed by atoms with van der Waals surface area (Å²) in [6, 6.07) is 0. The van der Waals surface area contributed by atoms with Crippen LogP contribution >= 0.6 is 0 Å². The first kappa shape index (κ1) is 9.32. The van der Waals surface area contributed by atoms with Crippen molar-refractivity contribution >= 4 is 13.5 Å². The van der Waals surface area contributed by atoms with E-state index in [1.807, 2.05) is 0 Å². The Morgan fingerprint density at radius 3 is 2.00 bits per heavy atom. The molecule has 1 N–H and O–H groups in total. The molecule has 0 spiro atoms. The quantitative estimate of drug-likeness (QED) is 0.511. The van der Waals surface area contributed by atoms with Gasteiger partial charge < -0.3 is 5.32 Å². The molecule has 0 bridgehead atoms. The Morgan fingerprint density at radius 2 is 1.90 bits per heavy atom. The largest absolute Gasteiger partial charge is 0.762 e. The van der Waals surface area contributed by atoms with E-state index in [9.17, 15) is 17.7 Å². The summed E-state index contributed by atoms with van der Waals surface area (Å²) in [4.78, 5) is 10.1. The second-order valence-electron chi connectivity index (χ2n) is 1.70. The van der Waals surface area contributed by atoms with Crippen LogP contribution in [0.3, 0.4) is 0 Å². The van der Waals surface area contributed by atoms with Gasteiger partial charge in [0.1, 0.15) is 0 Å². The molecule has 58 valence electrons. The highest BCUT2D eigenvalue weighted by Gasteiger charge is 2.06. The molecule has 0 aliphatic carbocycles. The van der Waals surface area contributed by atoms with E-state index in [-0.39, 0.29) is 5.91 Å². The van der Waals surface area contributed by atoms with Gasteiger partial charge in [-0.05, 0) is 6.42 Å². The molecule has 0 aromatic heterocycles. The maximum atomic E-state index is 10.1. The summed E-state index contributed by atoms with van der Waals surface area (Å²) in [5.41, 5.74) is 0. The number of carbonyl (C=O) groups is 1. The van der Waals surface area contributed by atoms with Crippen molar-refractivity contribution in [2.45, 2.75) is 12.8 Å². The van der Waals surface area contributed by atoms with E-state index in [2.05, 4.69) is 5.32 Å². The molecule has 1 fully saturated rings. The molecular weight excluding hydrogens is 146 g/mol. The summed E-state index contributed by atoms with van der Waals surface area (Å²) >= 11 is 0. The van der Waals surface area contributed by atoms with E-state index in [1.54, 1.807) is 0 Å². The third kappa shape index (κ3) is 7.32. The van der Waals surface area contributed by atoms with Crippen LogP contribution in [-0.4, -0.2) is 20.0 Å². The fourth-order valence-corrected chi connectivity index (χ4v) is 0.565. The number of carbonyl (C=O) groups excluding carboxylic acids is 1. The van der Waals surface area contributed by atoms with Crippen molar-refractivity contribution < 1.29 is 17.7 Å². The van der Waals surface area contributed by atoms with Crippen molar-refractivity contribution in [1.29, 1.82) is 0 Å². The van der Waals surface area contributed by atoms with Gasteiger partial charge in [-0.3, -0.25) is 17.7 Å². The van der Waals surface area contributed by atoms with Crippen LogP contribution in [0.15, 0.2) is 0 Å². The predicted octanol–water partition coefficient (Wildman–Crippen LogP) is 0.776. The molecule has 0 saturated carbocycles. The van der Waals surface area contributed by atoms with Gasteiger partial charge in [0.2, 0.25) is 5.91 Å². The lowest BCUT2D eigenvalue weighted by atomic mass is 10.4. The van der Waals surface area contributed by atoms with Gasteiger partial charge in [0, 0.05) is 13.0 Å². The van der Waals surface area contributed by atoms with Crippen LogP contribution in [0.4, 0.5) is 12.9 Å². The fraction of sp³-hybridized carbons (Fsp3) is 0.750. The van der Waals surface area contributed by atoms with E-state index in [1.165, 1.54) is 0 Å². The van der Waals surface area contributed by atoms with Gasteiger partial charge in [0.05, 0.1) is 0 Å². The molecule has 1 aliphatic rings. The Balaban J connectivity index is 0.000000180. The van der Waals surface area contributed by atoms with Crippen molar-refractivity contribution in [3.8, 4) is 0 Å². The van der Waals surface area contributed by atoms with Gasteiger partial charge in [-0.1, -0.05) is 0 Å². The minimum Gasteiger partial charge on any atom is -0.356 e. The van der Waals surface area contributed by atoms with Crippen molar-refractivity contribution in [3.05, 3.63) is 0 Å². The summed E-state index contributed by atoms with van der Waals surface area (Å²) in [6.45, 7) is 0.888. The van der Waals surface area contributed by atoms with Gasteiger partial charge in [-0.15, -0.1) is 0 Å². The second kappa shape index (κ2) is 5.14. The maximum Gasteiger partial charge on any atom is 0.762 e. The summed E-state index contributed by atoms with van der Waals surface area (Å²) in [5, 5.41) is 2.68. The summed E-state index contributed by atoms with van der Waals surface area (Å²) in [6.07, 6.45) is 1.76. The highest BCUT2D eigenvalue weighted by atomic mass is 19.4. The lowest BCUT2D eigenvalue weighted by Crippen LogP contribution is -2.12. The van der Waals surface area contributed by atoms with E-state index >= 15 is 0 Å². The molecule has 6 heteroatoms. The lowest BCUT2D eigenvalue weighted by molar-refractivity contribution is -0.119. The molecule has 0 radical (unpaired) electrons. The van der Waals surface area contributed by atoms with Crippen LogP contribution in [0.2, 0.25) is 0 Å². The Morgan fingerprint density at radius 1 is 1.40 bits per heavy atom. The molecule has 1 saturated heterocycles. The van der Waals surface area contributed by atoms with Gasteiger partial charge in [0.25, 0.3) is 0 Å². The van der Waals surface area contributed by atoms with E-state index < -0.39 is 7.54 Å². The lowest BCUT2D eigenvalue weighted by Gasteiger charge is -1.80. The smallest absolute Gasteiger partial charge is 0.356 e. The first-order valence-corrected chi connectivity index (χ1v) is 2.82. The van der Waals surface area contributed by atoms with E-state index in [0.29, 0.717) is 0 Å². The molecule has 1 heterocycles. The predicted molar refractivity (Wildman–Crippen MR) is 31.3 cm³/mol. The first-order valence-electron chi connectivity index (χ1n) is 2.82. The fourth-order valence-electron chi connectivity index (χ4n) is 0.565. The number of amides is 1. The monoisotopic (exact) mass is 153 g/mol. The Kier molecular flexibility index (Phi) is 4.79. The van der Waals surface area contributed by atoms with Crippen LogP contribution in [0, 0.1) is 0 Å². The minimum absolute atomic E-state index is 0.204. The summed E-state index contributed by atoms with van der Waals surface area (Å²) in [7, 11) is -3.67. The third-order valence-corrected chi connectivity index (χ3v) is 0.903. The maximum absolute atomic E-state index is 10.1. The van der Waals surface area contributed by atoms with Crippen molar-refractivity contribution in [2.24, 2.45) is 0 Å². The zero-order chi connectivity index (χ0) is 7.98. The first-order chi connectivity index (χ1) is 4.63. The SMILES string of the molecule is FB(F)F.O=C1CCCN1. The van der Waals surface area contributed by atoms with Crippen LogP contribution in [0.1, 0.15) is 12.8 Å². The summed E-state index contributed by atoms with van der Waals surface area (Å²) in [5.74, 6) is 0.204. The number of rotatable bonds is 0. The van der Waals surface area contributed by atoms with Crippen LogP contribution < -0.4 is 5.32 Å². The van der Waals surface area contributed by atoms with Gasteiger partial charge in [-0.2, -0.15) is 0 Å². The van der Waals surface area contributed by atoms with Crippen molar-refractivity contribution in [1.82, 2.24) is 5.32 Å². The molecule has 0 aromatic rings. The van der Waals surface area contributed by atoms with Gasteiger partial charge >= 0.3 is 7.54 Å². The van der Waals surface area contributed by atoms with Gasteiger partial charge in [0.15, 0.2) is 0 Å². The number of nitrogens with one attached hydrogen (secondary N) is 1. The van der Waals surface area contributed by atoms with E-state index in [4.69, 9.17) is 0 Å². The average Bonchev–Trinajstić information content (AvgIpc) is 2.15. The molecule has 0 atom stereocenters. The second-order valence-corrected chi connectivity index (χ2v) is 1.70. The number of hydrogen-bond acceptors (Lipinski definition) is 1. The topological polar surface area (TPSA) is 29.1 Å². The molecule has 1 amide bonds. The molecule has 2 nitrogen and oxygen atoms in total. The molecule has 1 rings (SSSR count). The number of halogens is 3. The van der Waals surface area contributed by atoms with Crippen LogP contribution in [0.5, 0.6) is 0 Å². The standard InChI is InChI=1S/C4H7NO.BF3/c6-4-2-1-3-5-4;2-1(3)4/h1-3H2,(H,5,6);. The zero-order valence-electron chi connectivity index (χ0n) is 5.24. The third-order valence-electron chi connectivity index (χ3n) is 0.903. The molecule has 0 unspecified atom stereocenters. The molecule has 10 heavy (non-hydrogen) atoms. The Labute approximate surface area is 57.0 Å². The zero-order valence-corrected chi connectivity index (χ0v) is 5.24. The summed E-state index contributed by atoms with van der Waals surface area (Å²) < 4.78 is 29.0. The molecular formula is C4H7BF3NO. The van der Waals surface area contributed by atoms with E-state index in [0.717, 1.165) is 19.4 Å². The van der Waals surface area contributed by atoms with Crippen LogP contribution in [-0.2, 0) is 4.79 Å². The normalized spacial score (nSPS) is 15.3. The Bertz CT molecular complexity index is 99.9.